The Hall–Kier alpha value is -5.41. The van der Waals surface area contributed by atoms with E-state index in [4.69, 9.17) is 34.0 Å². The first kappa shape index (κ1) is 50.0. The number of unbranched alkanes of at least 4 members (excludes halogenated alkanes) is 1. The molecule has 14 heteroatoms. The molecule has 0 saturated carbocycles. The van der Waals surface area contributed by atoms with E-state index >= 15 is 0 Å². The van der Waals surface area contributed by atoms with Gasteiger partial charge in [0.05, 0.1) is 8.95 Å². The van der Waals surface area contributed by atoms with Crippen LogP contribution < -0.4 is 29.6 Å². The number of halogens is 4. The van der Waals surface area contributed by atoms with Crippen LogP contribution in [0.1, 0.15) is 88.2 Å². The van der Waals surface area contributed by atoms with E-state index < -0.39 is 5.97 Å². The molecule has 2 aromatic heterocycles. The molecule has 0 fully saturated rings. The van der Waals surface area contributed by atoms with Crippen molar-refractivity contribution < 1.29 is 37.6 Å². The number of aryl methyl sites for hydroxylation is 2. The van der Waals surface area contributed by atoms with Crippen molar-refractivity contribution in [2.45, 2.75) is 99.8 Å². The van der Waals surface area contributed by atoms with Crippen molar-refractivity contribution in [3.8, 4) is 34.6 Å². The van der Waals surface area contributed by atoms with Crippen molar-refractivity contribution in [1.29, 1.82) is 0 Å². The molecule has 0 aliphatic rings. The zero-order chi connectivity index (χ0) is 47.2. The van der Waals surface area contributed by atoms with Gasteiger partial charge >= 0.3 is 5.97 Å². The summed E-state index contributed by atoms with van der Waals surface area (Å²) in [7, 11) is 0. The lowest BCUT2D eigenvalue weighted by molar-refractivity contribution is -0.137. The van der Waals surface area contributed by atoms with Crippen LogP contribution in [0.2, 0.25) is 0 Å². The highest BCUT2D eigenvalue weighted by Crippen LogP contribution is 2.35. The molecule has 4 aromatic carbocycles. The molecule has 0 radical (unpaired) electrons. The number of aromatic nitrogens is 2. The number of nitrogens with one attached hydrogen (secondary N) is 2. The SMILES string of the molecule is CCCCNCc1cc(Br)c(OCc2cccc(-c3cccc(COc4nc(OCc5ccc(F)c(C)c5)c(CNCCCC(=O)O)cc4Br)c3C)c2C)nc1OCc1ccc(F)c(C)c1. The van der Waals surface area contributed by atoms with Gasteiger partial charge in [-0.1, -0.05) is 61.9 Å². The number of rotatable bonds is 24. The van der Waals surface area contributed by atoms with Crippen LogP contribution in [0, 0.1) is 39.3 Å². The zero-order valence-electron chi connectivity index (χ0n) is 38.0. The number of hydrogen-bond acceptors (Lipinski definition) is 9. The molecule has 348 valence electrons. The fourth-order valence-corrected chi connectivity index (χ4v) is 8.22. The standard InChI is InChI=1S/C52H56Br2F2N4O6/c1-6-7-20-57-26-40-24-44(53)51(59-49(40)63-28-36-16-18-46(55)32(2)22-36)65-30-38-11-8-13-42(34(38)4)43-14-9-12-39(35(43)5)31-66-52-45(54)25-41(27-58-21-10-15-48(61)62)50(60-52)64-29-37-17-19-47(56)33(3)23-37/h8-9,11-14,16-19,22-25,57-58H,6-7,10,15,20-21,26-31H2,1-5H3,(H,61,62). The molecule has 0 spiro atoms. The van der Waals surface area contributed by atoms with Crippen molar-refractivity contribution in [2.75, 3.05) is 13.1 Å². The van der Waals surface area contributed by atoms with E-state index in [9.17, 15) is 13.6 Å². The largest absolute Gasteiger partial charge is 0.481 e. The summed E-state index contributed by atoms with van der Waals surface area (Å²) in [5.74, 6) is 0.151. The summed E-state index contributed by atoms with van der Waals surface area (Å²) in [6, 6.07) is 26.0. The third kappa shape index (κ3) is 13.8. The van der Waals surface area contributed by atoms with Gasteiger partial charge < -0.3 is 34.7 Å². The maximum absolute atomic E-state index is 14.0. The number of aliphatic carboxylic acids is 1. The minimum atomic E-state index is -0.844. The smallest absolute Gasteiger partial charge is 0.303 e. The molecule has 0 aliphatic carbocycles. The number of pyridine rings is 2. The van der Waals surface area contributed by atoms with E-state index in [1.807, 2.05) is 36.4 Å². The quantitative estimate of drug-likeness (QED) is 0.0505. The highest BCUT2D eigenvalue weighted by molar-refractivity contribution is 9.10. The van der Waals surface area contributed by atoms with E-state index in [1.165, 1.54) is 12.1 Å². The first-order valence-electron chi connectivity index (χ1n) is 22.0. The summed E-state index contributed by atoms with van der Waals surface area (Å²) in [5, 5.41) is 15.8. The Morgan fingerprint density at radius 1 is 0.591 bits per heavy atom. The topological polar surface area (TPSA) is 124 Å². The Balaban J connectivity index is 1.17. The summed E-state index contributed by atoms with van der Waals surface area (Å²) in [5.41, 5.74) is 10.5. The molecular weight excluding hydrogens is 974 g/mol. The Kier molecular flexibility index (Phi) is 18.5. The Labute approximate surface area is 402 Å². The van der Waals surface area contributed by atoms with Gasteiger partial charge in [0.2, 0.25) is 23.5 Å². The minimum Gasteiger partial charge on any atom is -0.481 e. The number of carbonyl (C=O) groups is 1. The lowest BCUT2D eigenvalue weighted by Crippen LogP contribution is -2.17. The predicted octanol–water partition coefficient (Wildman–Crippen LogP) is 12.3. The molecule has 0 bridgehead atoms. The highest BCUT2D eigenvalue weighted by Gasteiger charge is 2.18. The van der Waals surface area contributed by atoms with E-state index in [2.05, 4.69) is 75.4 Å². The zero-order valence-corrected chi connectivity index (χ0v) is 41.1. The van der Waals surface area contributed by atoms with E-state index in [-0.39, 0.29) is 44.5 Å². The summed E-state index contributed by atoms with van der Waals surface area (Å²) in [6.07, 6.45) is 2.68. The summed E-state index contributed by atoms with van der Waals surface area (Å²) in [4.78, 5) is 20.6. The van der Waals surface area contributed by atoms with Crippen LogP contribution in [-0.2, 0) is 44.3 Å². The third-order valence-electron chi connectivity index (χ3n) is 11.2. The Morgan fingerprint density at radius 3 is 1.45 bits per heavy atom. The van der Waals surface area contributed by atoms with Gasteiger partial charge in [-0.05, 0) is 178 Å². The molecule has 6 aromatic rings. The van der Waals surface area contributed by atoms with Crippen molar-refractivity contribution >= 4 is 37.8 Å². The molecule has 0 saturated heterocycles. The van der Waals surface area contributed by atoms with Crippen LogP contribution in [0.3, 0.4) is 0 Å². The number of ether oxygens (including phenoxy) is 4. The highest BCUT2D eigenvalue weighted by atomic mass is 79.9. The molecule has 10 nitrogen and oxygen atoms in total. The number of benzene rings is 4. The summed E-state index contributed by atoms with van der Waals surface area (Å²) in [6.45, 7) is 13.0. The van der Waals surface area contributed by atoms with E-state index in [0.717, 1.165) is 75.0 Å². The van der Waals surface area contributed by atoms with Crippen molar-refractivity contribution in [3.05, 3.63) is 161 Å². The average molecular weight is 1030 g/mol. The summed E-state index contributed by atoms with van der Waals surface area (Å²) >= 11 is 7.34. The van der Waals surface area contributed by atoms with Crippen LogP contribution in [0.5, 0.6) is 23.5 Å². The molecule has 3 N–H and O–H groups in total. The lowest BCUT2D eigenvalue weighted by atomic mass is 9.92. The van der Waals surface area contributed by atoms with Gasteiger partial charge in [0.1, 0.15) is 38.1 Å². The van der Waals surface area contributed by atoms with Crippen molar-refractivity contribution in [3.63, 3.8) is 0 Å². The minimum absolute atomic E-state index is 0.0666. The number of carboxylic acids is 1. The molecule has 0 amide bonds. The second-order valence-electron chi connectivity index (χ2n) is 16.2. The molecule has 2 heterocycles. The fourth-order valence-electron chi connectivity index (χ4n) is 7.26. The van der Waals surface area contributed by atoms with Crippen LogP contribution >= 0.6 is 31.9 Å². The second-order valence-corrected chi connectivity index (χ2v) is 17.9. The maximum Gasteiger partial charge on any atom is 0.303 e. The lowest BCUT2D eigenvalue weighted by Gasteiger charge is -2.18. The van der Waals surface area contributed by atoms with Crippen LogP contribution in [0.25, 0.3) is 11.1 Å². The van der Waals surface area contributed by atoms with Crippen molar-refractivity contribution in [2.24, 2.45) is 0 Å². The fraction of sp³-hybridized carbons (Fsp3) is 0.327. The monoisotopic (exact) mass is 1030 g/mol. The second kappa shape index (κ2) is 24.4. The summed E-state index contributed by atoms with van der Waals surface area (Å²) < 4.78 is 54.5. The van der Waals surface area contributed by atoms with E-state index in [1.54, 1.807) is 38.1 Å². The van der Waals surface area contributed by atoms with Crippen LogP contribution in [-0.4, -0.2) is 34.1 Å². The van der Waals surface area contributed by atoms with Gasteiger partial charge in [-0.3, -0.25) is 4.79 Å². The van der Waals surface area contributed by atoms with Crippen LogP contribution in [0.15, 0.2) is 93.9 Å². The van der Waals surface area contributed by atoms with Crippen LogP contribution in [0.4, 0.5) is 8.78 Å². The normalized spacial score (nSPS) is 11.2. The van der Waals surface area contributed by atoms with Gasteiger partial charge in [0, 0.05) is 30.6 Å². The molecule has 0 unspecified atom stereocenters. The third-order valence-corrected chi connectivity index (χ3v) is 12.3. The average Bonchev–Trinajstić information content (AvgIpc) is 3.29. The van der Waals surface area contributed by atoms with Gasteiger partial charge in [0.15, 0.2) is 0 Å². The van der Waals surface area contributed by atoms with Gasteiger partial charge in [0.25, 0.3) is 0 Å². The number of carboxylic acid groups (broad SMARTS) is 1. The Bertz CT molecular complexity index is 2630. The van der Waals surface area contributed by atoms with Crippen molar-refractivity contribution in [1.82, 2.24) is 20.6 Å². The van der Waals surface area contributed by atoms with E-state index in [0.29, 0.717) is 69.6 Å². The Morgan fingerprint density at radius 2 is 1.03 bits per heavy atom. The number of nitrogens with zero attached hydrogens (tertiary/aromatic N) is 2. The molecular formula is C52H56Br2F2N4O6. The maximum atomic E-state index is 14.0. The van der Waals surface area contributed by atoms with Gasteiger partial charge in [-0.2, -0.15) is 9.97 Å². The molecule has 66 heavy (non-hydrogen) atoms. The predicted molar refractivity (Wildman–Crippen MR) is 260 cm³/mol. The first-order chi connectivity index (χ1) is 31.8. The van der Waals surface area contributed by atoms with Gasteiger partial charge in [-0.25, -0.2) is 8.78 Å². The number of hydrogen-bond donors (Lipinski definition) is 3. The molecule has 6 rings (SSSR count). The van der Waals surface area contributed by atoms with Gasteiger partial charge in [-0.15, -0.1) is 0 Å². The first-order valence-corrected chi connectivity index (χ1v) is 23.6. The molecule has 0 atom stereocenters. The molecule has 0 aliphatic heterocycles.